The molecule has 150 valence electrons. The van der Waals surface area contributed by atoms with E-state index in [1.54, 1.807) is 7.11 Å². The van der Waals surface area contributed by atoms with Crippen LogP contribution in [0.5, 0.6) is 11.5 Å². The summed E-state index contributed by atoms with van der Waals surface area (Å²) in [5.41, 5.74) is 0.872. The lowest BCUT2D eigenvalue weighted by molar-refractivity contribution is -0.127. The lowest BCUT2D eigenvalue weighted by Crippen LogP contribution is -2.35. The van der Waals surface area contributed by atoms with Crippen molar-refractivity contribution < 1.29 is 14.3 Å². The van der Waals surface area contributed by atoms with Gasteiger partial charge in [-0.15, -0.1) is 0 Å². The summed E-state index contributed by atoms with van der Waals surface area (Å²) in [6.07, 6.45) is 4.05. The van der Waals surface area contributed by atoms with Gasteiger partial charge in [0.25, 0.3) is 0 Å². The smallest absolute Gasteiger partial charge is 0.223 e. The van der Waals surface area contributed by atoms with Crippen LogP contribution < -0.4 is 25.4 Å². The second-order valence-electron chi connectivity index (χ2n) is 6.46. The maximum absolute atomic E-state index is 11.8. The maximum atomic E-state index is 11.8. The van der Waals surface area contributed by atoms with Gasteiger partial charge in [-0.1, -0.05) is 6.42 Å². The normalized spacial score (nSPS) is 14.3. The molecule has 0 radical (unpaired) electrons. The van der Waals surface area contributed by atoms with Crippen molar-refractivity contribution in [3.8, 4) is 11.5 Å². The fourth-order valence-electron chi connectivity index (χ4n) is 2.76. The number of benzene rings is 1. The Morgan fingerprint density at radius 1 is 1.22 bits per heavy atom. The van der Waals surface area contributed by atoms with Gasteiger partial charge in [-0.25, -0.2) is 0 Å². The molecule has 1 aromatic rings. The molecule has 0 saturated heterocycles. The van der Waals surface area contributed by atoms with E-state index in [1.165, 1.54) is 6.42 Å². The SMILES string of the molecule is CCNC(=NCCCNC(=O)C1CCC1)Nc1ccc(OC)c(OCC)c1. The average molecular weight is 377 g/mol. The van der Waals surface area contributed by atoms with Crippen LogP contribution in [-0.2, 0) is 4.79 Å². The predicted octanol–water partition coefficient (Wildman–Crippen LogP) is 2.78. The van der Waals surface area contributed by atoms with E-state index in [2.05, 4.69) is 20.9 Å². The predicted molar refractivity (Wildman–Crippen MR) is 109 cm³/mol. The molecular weight excluding hydrogens is 344 g/mol. The zero-order chi connectivity index (χ0) is 19.5. The Hall–Kier alpha value is -2.44. The van der Waals surface area contributed by atoms with Crippen molar-refractivity contribution in [3.63, 3.8) is 0 Å². The summed E-state index contributed by atoms with van der Waals surface area (Å²) >= 11 is 0. The number of nitrogens with one attached hydrogen (secondary N) is 3. The highest BCUT2D eigenvalue weighted by atomic mass is 16.5. The fourth-order valence-corrected chi connectivity index (χ4v) is 2.76. The Bertz CT molecular complexity index is 630. The fraction of sp³-hybridized carbons (Fsp3) is 0.600. The highest BCUT2D eigenvalue weighted by molar-refractivity contribution is 5.93. The average Bonchev–Trinajstić information content (AvgIpc) is 2.60. The molecule has 0 aliphatic heterocycles. The van der Waals surface area contributed by atoms with Gasteiger partial charge in [-0.2, -0.15) is 0 Å². The minimum atomic E-state index is 0.192. The van der Waals surface area contributed by atoms with Crippen LogP contribution in [-0.4, -0.2) is 45.2 Å². The van der Waals surface area contributed by atoms with Crippen molar-refractivity contribution in [1.82, 2.24) is 10.6 Å². The Labute approximate surface area is 161 Å². The third-order valence-corrected chi connectivity index (χ3v) is 4.45. The molecule has 27 heavy (non-hydrogen) atoms. The zero-order valence-electron chi connectivity index (χ0n) is 16.6. The van der Waals surface area contributed by atoms with Gasteiger partial charge in [-0.3, -0.25) is 9.79 Å². The summed E-state index contributed by atoms with van der Waals surface area (Å²) in [5.74, 6) is 2.53. The molecule has 0 unspecified atom stereocenters. The van der Waals surface area contributed by atoms with Crippen LogP contribution >= 0.6 is 0 Å². The quantitative estimate of drug-likeness (QED) is 0.332. The van der Waals surface area contributed by atoms with Gasteiger partial charge in [0.15, 0.2) is 17.5 Å². The van der Waals surface area contributed by atoms with E-state index in [1.807, 2.05) is 32.0 Å². The van der Waals surface area contributed by atoms with Gasteiger partial charge < -0.3 is 25.4 Å². The maximum Gasteiger partial charge on any atom is 0.223 e. The molecule has 1 saturated carbocycles. The van der Waals surface area contributed by atoms with Crippen LogP contribution in [0.3, 0.4) is 0 Å². The minimum Gasteiger partial charge on any atom is -0.493 e. The molecular formula is C20H32N4O3. The molecule has 7 heteroatoms. The van der Waals surface area contributed by atoms with Crippen molar-refractivity contribution >= 4 is 17.6 Å². The van der Waals surface area contributed by atoms with Gasteiger partial charge in [0.2, 0.25) is 5.91 Å². The van der Waals surface area contributed by atoms with Crippen molar-refractivity contribution in [3.05, 3.63) is 18.2 Å². The number of ether oxygens (including phenoxy) is 2. The summed E-state index contributed by atoms with van der Waals surface area (Å²) in [4.78, 5) is 16.4. The first-order valence-electron chi connectivity index (χ1n) is 9.81. The molecule has 2 rings (SSSR count). The third kappa shape index (κ3) is 6.66. The van der Waals surface area contributed by atoms with E-state index < -0.39 is 0 Å². The van der Waals surface area contributed by atoms with E-state index in [0.29, 0.717) is 37.2 Å². The summed E-state index contributed by atoms with van der Waals surface area (Å²) < 4.78 is 10.9. The number of carbonyl (C=O) groups excluding carboxylic acids is 1. The Kier molecular flexibility index (Phi) is 8.74. The van der Waals surface area contributed by atoms with Gasteiger partial charge in [0.05, 0.1) is 13.7 Å². The number of amides is 1. The first kappa shape index (κ1) is 20.9. The standard InChI is InChI=1S/C20H32N4O3/c1-4-21-20(23-13-7-12-22-19(25)15-8-6-9-15)24-16-10-11-17(26-3)18(14-16)27-5-2/h10-11,14-15H,4-9,12-13H2,1-3H3,(H,22,25)(H2,21,23,24). The lowest BCUT2D eigenvalue weighted by Gasteiger charge is -2.23. The summed E-state index contributed by atoms with van der Waals surface area (Å²) in [6, 6.07) is 5.69. The highest BCUT2D eigenvalue weighted by Gasteiger charge is 2.24. The number of guanidine groups is 1. The molecule has 0 heterocycles. The largest absolute Gasteiger partial charge is 0.493 e. The van der Waals surface area contributed by atoms with Crippen LogP contribution in [0.4, 0.5) is 5.69 Å². The van der Waals surface area contributed by atoms with Crippen LogP contribution in [0.15, 0.2) is 23.2 Å². The topological polar surface area (TPSA) is 84.0 Å². The molecule has 0 bridgehead atoms. The summed E-state index contributed by atoms with van der Waals surface area (Å²) in [5, 5.41) is 9.50. The van der Waals surface area contributed by atoms with Crippen LogP contribution in [0.2, 0.25) is 0 Å². The lowest BCUT2D eigenvalue weighted by atomic mass is 9.85. The molecule has 0 atom stereocenters. The molecule has 3 N–H and O–H groups in total. The number of nitrogens with zero attached hydrogens (tertiary/aromatic N) is 1. The van der Waals surface area contributed by atoms with E-state index in [-0.39, 0.29) is 11.8 Å². The van der Waals surface area contributed by atoms with E-state index in [4.69, 9.17) is 9.47 Å². The first-order valence-corrected chi connectivity index (χ1v) is 9.81. The molecule has 7 nitrogen and oxygen atoms in total. The summed E-state index contributed by atoms with van der Waals surface area (Å²) in [7, 11) is 1.63. The van der Waals surface area contributed by atoms with Crippen LogP contribution in [0.25, 0.3) is 0 Å². The van der Waals surface area contributed by atoms with Gasteiger partial charge >= 0.3 is 0 Å². The van der Waals surface area contributed by atoms with Crippen molar-refractivity contribution in [2.24, 2.45) is 10.9 Å². The zero-order valence-corrected chi connectivity index (χ0v) is 16.6. The molecule has 0 aromatic heterocycles. The number of rotatable bonds is 10. The van der Waals surface area contributed by atoms with E-state index >= 15 is 0 Å². The number of hydrogen-bond acceptors (Lipinski definition) is 4. The Morgan fingerprint density at radius 3 is 2.67 bits per heavy atom. The Morgan fingerprint density at radius 2 is 2.04 bits per heavy atom. The van der Waals surface area contributed by atoms with E-state index in [9.17, 15) is 4.79 Å². The number of hydrogen-bond donors (Lipinski definition) is 3. The minimum absolute atomic E-state index is 0.192. The Balaban J connectivity index is 1.85. The molecule has 1 aliphatic rings. The first-order chi connectivity index (χ1) is 13.2. The van der Waals surface area contributed by atoms with E-state index in [0.717, 1.165) is 31.5 Å². The monoisotopic (exact) mass is 376 g/mol. The number of anilines is 1. The molecule has 1 amide bonds. The second kappa shape index (κ2) is 11.3. The van der Waals surface area contributed by atoms with Crippen molar-refractivity contribution in [2.75, 3.05) is 38.7 Å². The second-order valence-corrected chi connectivity index (χ2v) is 6.46. The summed E-state index contributed by atoms with van der Waals surface area (Å²) in [6.45, 7) is 6.59. The van der Waals surface area contributed by atoms with Gasteiger partial charge in [0, 0.05) is 37.3 Å². The van der Waals surface area contributed by atoms with Crippen LogP contribution in [0.1, 0.15) is 39.5 Å². The van der Waals surface area contributed by atoms with Gasteiger partial charge in [-0.05, 0) is 45.2 Å². The molecule has 1 fully saturated rings. The molecule has 1 aliphatic carbocycles. The molecule has 1 aromatic carbocycles. The highest BCUT2D eigenvalue weighted by Crippen LogP contribution is 2.30. The molecule has 0 spiro atoms. The number of methoxy groups -OCH3 is 1. The van der Waals surface area contributed by atoms with Crippen molar-refractivity contribution in [2.45, 2.75) is 39.5 Å². The van der Waals surface area contributed by atoms with Crippen LogP contribution in [0, 0.1) is 5.92 Å². The number of carbonyl (C=O) groups is 1. The number of aliphatic imine (C=N–C) groups is 1. The van der Waals surface area contributed by atoms with Gasteiger partial charge in [0.1, 0.15) is 0 Å². The third-order valence-electron chi connectivity index (χ3n) is 4.45. The van der Waals surface area contributed by atoms with Crippen molar-refractivity contribution in [1.29, 1.82) is 0 Å².